The van der Waals surface area contributed by atoms with Crippen molar-refractivity contribution in [3.05, 3.63) is 61.4 Å². The van der Waals surface area contributed by atoms with E-state index in [1.165, 1.54) is 17.8 Å². The van der Waals surface area contributed by atoms with E-state index in [2.05, 4.69) is 20.9 Å². The Balaban J connectivity index is 1.63. The van der Waals surface area contributed by atoms with Crippen LogP contribution in [0.5, 0.6) is 0 Å². The average molecular weight is 461 g/mol. The van der Waals surface area contributed by atoms with Crippen molar-refractivity contribution in [2.75, 3.05) is 0 Å². The molecule has 0 radical (unpaired) electrons. The number of esters is 1. The standard InChI is InChI=1S/C21H21BrN2O3S/c1-13-17-19(28-18(13)21(26)27-16-5-3-2-4-6-16)23-12-24(20(17)25)11-14-7-9-15(22)10-8-14/h7-10,12,16H,2-6,11H2,1H3. The minimum absolute atomic E-state index is 0.00659. The number of ether oxygens (including phenoxy) is 1. The first-order valence-electron chi connectivity index (χ1n) is 9.47. The van der Waals surface area contributed by atoms with Crippen LogP contribution in [-0.2, 0) is 11.3 Å². The molecule has 4 rings (SSSR count). The van der Waals surface area contributed by atoms with Crippen molar-refractivity contribution in [3.63, 3.8) is 0 Å². The van der Waals surface area contributed by atoms with E-state index in [1.54, 1.807) is 10.9 Å². The predicted octanol–water partition coefficient (Wildman–Crippen LogP) is 5.07. The third-order valence-electron chi connectivity index (χ3n) is 5.19. The molecular formula is C21H21BrN2O3S. The van der Waals surface area contributed by atoms with Gasteiger partial charge in [-0.2, -0.15) is 0 Å². The first-order valence-corrected chi connectivity index (χ1v) is 11.1. The van der Waals surface area contributed by atoms with Crippen LogP contribution in [0, 0.1) is 6.92 Å². The van der Waals surface area contributed by atoms with Crippen molar-refractivity contribution in [3.8, 4) is 0 Å². The van der Waals surface area contributed by atoms with Gasteiger partial charge in [0.2, 0.25) is 0 Å². The molecule has 7 heteroatoms. The average Bonchev–Trinajstić information content (AvgIpc) is 3.04. The lowest BCUT2D eigenvalue weighted by Crippen LogP contribution is -2.22. The molecule has 0 amide bonds. The molecule has 1 aliphatic rings. The Morgan fingerprint density at radius 1 is 1.25 bits per heavy atom. The number of aromatic nitrogens is 2. The summed E-state index contributed by atoms with van der Waals surface area (Å²) in [4.78, 5) is 31.2. The SMILES string of the molecule is Cc1c(C(=O)OC2CCCCC2)sc2ncn(Cc3ccc(Br)cc3)c(=O)c12. The Morgan fingerprint density at radius 2 is 1.96 bits per heavy atom. The summed E-state index contributed by atoms with van der Waals surface area (Å²) < 4.78 is 8.27. The van der Waals surface area contributed by atoms with Gasteiger partial charge >= 0.3 is 5.97 Å². The topological polar surface area (TPSA) is 61.2 Å². The highest BCUT2D eigenvalue weighted by atomic mass is 79.9. The van der Waals surface area contributed by atoms with Crippen molar-refractivity contribution < 1.29 is 9.53 Å². The van der Waals surface area contributed by atoms with E-state index in [0.29, 0.717) is 27.2 Å². The molecule has 146 valence electrons. The molecule has 0 aliphatic heterocycles. The van der Waals surface area contributed by atoms with Crippen LogP contribution in [0.1, 0.15) is 52.9 Å². The maximum Gasteiger partial charge on any atom is 0.348 e. The number of aryl methyl sites for hydroxylation is 1. The Morgan fingerprint density at radius 3 is 2.68 bits per heavy atom. The van der Waals surface area contributed by atoms with Gasteiger partial charge in [-0.15, -0.1) is 11.3 Å². The lowest BCUT2D eigenvalue weighted by molar-refractivity contribution is 0.0216. The zero-order chi connectivity index (χ0) is 19.7. The molecule has 0 saturated heterocycles. The fraction of sp³-hybridized carbons (Fsp3) is 0.381. The second kappa shape index (κ2) is 8.17. The number of carbonyl (C=O) groups is 1. The van der Waals surface area contributed by atoms with Gasteiger partial charge in [0.05, 0.1) is 18.3 Å². The smallest absolute Gasteiger partial charge is 0.348 e. The fourth-order valence-electron chi connectivity index (χ4n) is 3.64. The van der Waals surface area contributed by atoms with Crippen LogP contribution in [0.4, 0.5) is 0 Å². The molecule has 2 aromatic heterocycles. The summed E-state index contributed by atoms with van der Waals surface area (Å²) in [6.07, 6.45) is 6.81. The summed E-state index contributed by atoms with van der Waals surface area (Å²) in [5.74, 6) is -0.328. The Labute approximate surface area is 175 Å². The lowest BCUT2D eigenvalue weighted by Gasteiger charge is -2.21. The quantitative estimate of drug-likeness (QED) is 0.510. The van der Waals surface area contributed by atoms with Crippen LogP contribution in [0.3, 0.4) is 0 Å². The van der Waals surface area contributed by atoms with Crippen LogP contribution >= 0.6 is 27.3 Å². The maximum atomic E-state index is 13.0. The van der Waals surface area contributed by atoms with Crippen LogP contribution < -0.4 is 5.56 Å². The number of benzene rings is 1. The first-order chi connectivity index (χ1) is 13.5. The summed E-state index contributed by atoms with van der Waals surface area (Å²) in [6.45, 7) is 2.25. The summed E-state index contributed by atoms with van der Waals surface area (Å²) in [5, 5.41) is 0.514. The van der Waals surface area contributed by atoms with Crippen molar-refractivity contribution in [1.82, 2.24) is 9.55 Å². The highest BCUT2D eigenvalue weighted by Crippen LogP contribution is 2.29. The molecule has 3 aromatic rings. The van der Waals surface area contributed by atoms with Crippen LogP contribution in [0.2, 0.25) is 0 Å². The molecular weight excluding hydrogens is 440 g/mol. The van der Waals surface area contributed by atoms with E-state index >= 15 is 0 Å². The van der Waals surface area contributed by atoms with E-state index in [9.17, 15) is 9.59 Å². The second-order valence-electron chi connectivity index (χ2n) is 7.21. The molecule has 0 unspecified atom stereocenters. The number of nitrogens with zero attached hydrogens (tertiary/aromatic N) is 2. The van der Waals surface area contributed by atoms with Crippen LogP contribution in [0.15, 0.2) is 39.9 Å². The van der Waals surface area contributed by atoms with Gasteiger partial charge in [-0.25, -0.2) is 9.78 Å². The zero-order valence-corrected chi connectivity index (χ0v) is 18.0. The van der Waals surface area contributed by atoms with Crippen LogP contribution in [0.25, 0.3) is 10.2 Å². The van der Waals surface area contributed by atoms with Gasteiger partial charge in [-0.3, -0.25) is 9.36 Å². The van der Waals surface area contributed by atoms with E-state index in [4.69, 9.17) is 4.74 Å². The van der Waals surface area contributed by atoms with E-state index in [-0.39, 0.29) is 17.6 Å². The van der Waals surface area contributed by atoms with Crippen molar-refractivity contribution in [2.24, 2.45) is 0 Å². The van der Waals surface area contributed by atoms with Gasteiger partial charge in [0.25, 0.3) is 5.56 Å². The van der Waals surface area contributed by atoms with Gasteiger partial charge in [0.1, 0.15) is 15.8 Å². The van der Waals surface area contributed by atoms with Gasteiger partial charge in [0, 0.05) is 4.47 Å². The molecule has 1 aliphatic carbocycles. The molecule has 28 heavy (non-hydrogen) atoms. The number of halogens is 1. The Hall–Kier alpha value is -1.99. The van der Waals surface area contributed by atoms with Gasteiger partial charge < -0.3 is 4.74 Å². The minimum Gasteiger partial charge on any atom is -0.458 e. The summed E-state index contributed by atoms with van der Waals surface area (Å²) >= 11 is 4.66. The number of rotatable bonds is 4. The number of hydrogen-bond donors (Lipinski definition) is 0. The summed E-state index contributed by atoms with van der Waals surface area (Å²) in [5.41, 5.74) is 1.55. The van der Waals surface area contributed by atoms with Crippen molar-refractivity contribution in [2.45, 2.75) is 51.7 Å². The molecule has 1 aromatic carbocycles. The molecule has 0 atom stereocenters. The molecule has 1 saturated carbocycles. The molecule has 5 nitrogen and oxygen atoms in total. The third kappa shape index (κ3) is 3.91. The number of hydrogen-bond acceptors (Lipinski definition) is 5. The second-order valence-corrected chi connectivity index (χ2v) is 9.12. The first kappa shape index (κ1) is 19.3. The molecule has 2 heterocycles. The van der Waals surface area contributed by atoms with Gasteiger partial charge in [-0.1, -0.05) is 34.5 Å². The molecule has 0 bridgehead atoms. The number of fused-ring (bicyclic) bond motifs is 1. The van der Waals surface area contributed by atoms with E-state index in [0.717, 1.165) is 35.7 Å². The predicted molar refractivity (Wildman–Crippen MR) is 114 cm³/mol. The lowest BCUT2D eigenvalue weighted by atomic mass is 9.98. The normalized spacial score (nSPS) is 15.1. The van der Waals surface area contributed by atoms with Crippen molar-refractivity contribution in [1.29, 1.82) is 0 Å². The Bertz CT molecular complexity index is 1070. The monoisotopic (exact) mass is 460 g/mol. The Kier molecular flexibility index (Phi) is 5.64. The van der Waals surface area contributed by atoms with E-state index < -0.39 is 0 Å². The molecule has 0 N–H and O–H groups in total. The largest absolute Gasteiger partial charge is 0.458 e. The summed E-state index contributed by atoms with van der Waals surface area (Å²) in [7, 11) is 0. The number of thiophene rings is 1. The third-order valence-corrected chi connectivity index (χ3v) is 6.90. The van der Waals surface area contributed by atoms with E-state index in [1.807, 2.05) is 31.2 Å². The highest BCUT2D eigenvalue weighted by molar-refractivity contribution is 9.10. The maximum absolute atomic E-state index is 13.0. The minimum atomic E-state index is -0.328. The number of carbonyl (C=O) groups excluding carboxylic acids is 1. The molecule has 1 fully saturated rings. The highest BCUT2D eigenvalue weighted by Gasteiger charge is 2.24. The van der Waals surface area contributed by atoms with Gasteiger partial charge in [0.15, 0.2) is 0 Å². The van der Waals surface area contributed by atoms with Gasteiger partial charge in [-0.05, 0) is 55.9 Å². The fourth-order valence-corrected chi connectivity index (χ4v) is 4.93. The van der Waals surface area contributed by atoms with Crippen molar-refractivity contribution >= 4 is 43.5 Å². The molecule has 0 spiro atoms. The zero-order valence-electron chi connectivity index (χ0n) is 15.6. The summed E-state index contributed by atoms with van der Waals surface area (Å²) in [6, 6.07) is 7.82. The van der Waals surface area contributed by atoms with Crippen LogP contribution in [-0.4, -0.2) is 21.6 Å².